The van der Waals surface area contributed by atoms with E-state index in [0.717, 1.165) is 24.2 Å². The first kappa shape index (κ1) is 12.0. The zero-order valence-corrected chi connectivity index (χ0v) is 13.9. The summed E-state index contributed by atoms with van der Waals surface area (Å²) in [7, 11) is 3.14. The maximum atomic E-state index is 8.46. The molecule has 0 saturated heterocycles. The molecule has 2 aromatic carbocycles. The standard InChI is InChI=1S/C19H24N2.ClH/c1-20(2)14-7-15-21-18-10-5-3-8-16(18)12-13-17-9-4-6-11-19(17)21;/h3-6,8-11H,7,12-15H2,1-2H3;1H/i7D2,14D2;. The van der Waals surface area contributed by atoms with Gasteiger partial charge in [0.15, 0.2) is 0 Å². The Hall–Kier alpha value is -1.51. The molecular weight excluding hydrogens is 292 g/mol. The highest BCUT2D eigenvalue weighted by molar-refractivity contribution is 5.85. The molecule has 0 amide bonds. The summed E-state index contributed by atoms with van der Waals surface area (Å²) in [6.45, 7) is -2.13. The molecule has 0 saturated carbocycles. The molecule has 0 aliphatic carbocycles. The second-order valence-corrected chi connectivity index (χ2v) is 5.53. The monoisotopic (exact) mass is 320 g/mol. The Morgan fingerprint density at radius 2 is 1.45 bits per heavy atom. The van der Waals surface area contributed by atoms with Gasteiger partial charge in [0.1, 0.15) is 0 Å². The largest absolute Gasteiger partial charge is 0.341 e. The Morgan fingerprint density at radius 1 is 0.955 bits per heavy atom. The minimum atomic E-state index is -2.08. The molecule has 1 aliphatic heterocycles. The molecule has 0 unspecified atom stereocenters. The first-order valence-corrected chi connectivity index (χ1v) is 7.35. The van der Waals surface area contributed by atoms with Gasteiger partial charge in [-0.2, -0.15) is 0 Å². The lowest BCUT2D eigenvalue weighted by atomic mass is 10.0. The van der Waals surface area contributed by atoms with Gasteiger partial charge >= 0.3 is 0 Å². The van der Waals surface area contributed by atoms with Gasteiger partial charge < -0.3 is 9.80 Å². The fourth-order valence-electron chi connectivity index (χ4n) is 2.81. The van der Waals surface area contributed by atoms with Crippen LogP contribution in [0.2, 0.25) is 0 Å². The Balaban J connectivity index is 0.00000243. The van der Waals surface area contributed by atoms with E-state index in [1.54, 1.807) is 14.1 Å². The van der Waals surface area contributed by atoms with E-state index >= 15 is 0 Å². The Bertz CT molecular complexity index is 717. The second kappa shape index (κ2) is 7.66. The van der Waals surface area contributed by atoms with Gasteiger partial charge in [-0.25, -0.2) is 0 Å². The first-order chi connectivity index (χ1) is 11.7. The van der Waals surface area contributed by atoms with Gasteiger partial charge in [0.2, 0.25) is 0 Å². The van der Waals surface area contributed by atoms with Crippen LogP contribution in [0.25, 0.3) is 0 Å². The Labute approximate surface area is 145 Å². The maximum Gasteiger partial charge on any atom is 0.0443 e. The molecule has 22 heavy (non-hydrogen) atoms. The van der Waals surface area contributed by atoms with Crippen LogP contribution in [-0.2, 0) is 12.8 Å². The van der Waals surface area contributed by atoms with E-state index in [2.05, 4.69) is 12.1 Å². The van der Waals surface area contributed by atoms with Crippen molar-refractivity contribution in [3.8, 4) is 0 Å². The van der Waals surface area contributed by atoms with Crippen molar-refractivity contribution in [1.82, 2.24) is 4.90 Å². The topological polar surface area (TPSA) is 6.48 Å². The van der Waals surface area contributed by atoms with Crippen LogP contribution < -0.4 is 4.90 Å². The molecule has 0 bridgehead atoms. The number of nitrogens with zero attached hydrogens (tertiary/aromatic N) is 2. The minimum Gasteiger partial charge on any atom is -0.341 e. The zero-order valence-electron chi connectivity index (χ0n) is 17.0. The third-order valence-electron chi connectivity index (χ3n) is 3.77. The predicted octanol–water partition coefficient (Wildman–Crippen LogP) is 4.30. The molecule has 0 fully saturated rings. The summed E-state index contributed by atoms with van der Waals surface area (Å²) in [5.74, 6) is 0. The number of para-hydroxylation sites is 2. The lowest BCUT2D eigenvalue weighted by Gasteiger charge is -2.27. The summed E-state index contributed by atoms with van der Waals surface area (Å²) in [5, 5.41) is 0. The summed E-state index contributed by atoms with van der Waals surface area (Å²) in [5.41, 5.74) is 4.26. The lowest BCUT2D eigenvalue weighted by Crippen LogP contribution is -2.23. The van der Waals surface area contributed by atoms with Gasteiger partial charge in [0, 0.05) is 23.4 Å². The molecule has 0 spiro atoms. The van der Waals surface area contributed by atoms with E-state index in [4.69, 9.17) is 5.48 Å². The number of rotatable bonds is 4. The average molecular weight is 321 g/mol. The van der Waals surface area contributed by atoms with Gasteiger partial charge in [-0.05, 0) is 63.1 Å². The molecule has 118 valence electrons. The minimum absolute atomic E-state index is 0. The van der Waals surface area contributed by atoms with Crippen LogP contribution in [0.5, 0.6) is 0 Å². The Kier molecular flexibility index (Phi) is 4.17. The number of hydrogen-bond donors (Lipinski definition) is 0. The van der Waals surface area contributed by atoms with Crippen molar-refractivity contribution >= 4 is 23.8 Å². The van der Waals surface area contributed by atoms with E-state index < -0.39 is 12.9 Å². The van der Waals surface area contributed by atoms with E-state index in [-0.39, 0.29) is 19.0 Å². The molecule has 2 aromatic rings. The normalized spacial score (nSPS) is 17.1. The van der Waals surface area contributed by atoms with Crippen LogP contribution in [0.3, 0.4) is 0 Å². The van der Waals surface area contributed by atoms with Gasteiger partial charge in [-0.1, -0.05) is 36.4 Å². The first-order valence-electron chi connectivity index (χ1n) is 9.35. The van der Waals surface area contributed by atoms with Crippen LogP contribution in [0, 0.1) is 0 Å². The highest BCUT2D eigenvalue weighted by Crippen LogP contribution is 2.35. The fourth-order valence-corrected chi connectivity index (χ4v) is 2.81. The molecule has 3 rings (SSSR count). The van der Waals surface area contributed by atoms with Gasteiger partial charge in [0.25, 0.3) is 0 Å². The third-order valence-corrected chi connectivity index (χ3v) is 3.77. The van der Waals surface area contributed by atoms with Crippen molar-refractivity contribution in [2.45, 2.75) is 19.2 Å². The van der Waals surface area contributed by atoms with Crippen molar-refractivity contribution in [3.05, 3.63) is 59.7 Å². The molecule has 0 N–H and O–H groups in total. The smallest absolute Gasteiger partial charge is 0.0443 e. The molecule has 0 atom stereocenters. The highest BCUT2D eigenvalue weighted by Gasteiger charge is 2.19. The molecule has 0 radical (unpaired) electrons. The van der Waals surface area contributed by atoms with Crippen molar-refractivity contribution in [1.29, 1.82) is 0 Å². The number of hydrogen-bond acceptors (Lipinski definition) is 2. The maximum absolute atomic E-state index is 8.46. The summed E-state index contributed by atoms with van der Waals surface area (Å²) in [6, 6.07) is 16.1. The Morgan fingerprint density at radius 3 is 1.95 bits per heavy atom. The van der Waals surface area contributed by atoms with E-state index in [1.807, 2.05) is 41.3 Å². The second-order valence-electron chi connectivity index (χ2n) is 5.53. The van der Waals surface area contributed by atoms with Crippen molar-refractivity contribution in [3.63, 3.8) is 0 Å². The number of halogens is 1. The molecule has 2 nitrogen and oxygen atoms in total. The van der Waals surface area contributed by atoms with Crippen molar-refractivity contribution in [2.24, 2.45) is 0 Å². The quantitative estimate of drug-likeness (QED) is 0.829. The zero-order chi connectivity index (χ0) is 18.2. The van der Waals surface area contributed by atoms with Crippen LogP contribution in [0.4, 0.5) is 11.4 Å². The fraction of sp³-hybridized carbons (Fsp3) is 0.368. The number of fused-ring (bicyclic) bond motifs is 2. The molecule has 0 aromatic heterocycles. The van der Waals surface area contributed by atoms with Gasteiger partial charge in [-0.3, -0.25) is 0 Å². The summed E-state index contributed by atoms with van der Waals surface area (Å²) in [4.78, 5) is 3.25. The molecule has 1 aliphatic rings. The van der Waals surface area contributed by atoms with E-state index in [0.29, 0.717) is 0 Å². The predicted molar refractivity (Wildman–Crippen MR) is 97.7 cm³/mol. The van der Waals surface area contributed by atoms with Crippen LogP contribution >= 0.6 is 12.4 Å². The highest BCUT2D eigenvalue weighted by atomic mass is 35.5. The van der Waals surface area contributed by atoms with Crippen LogP contribution in [-0.4, -0.2) is 32.0 Å². The van der Waals surface area contributed by atoms with E-state index in [1.165, 1.54) is 16.0 Å². The molecular formula is C19H25ClN2. The van der Waals surface area contributed by atoms with Crippen molar-refractivity contribution in [2.75, 3.05) is 32.0 Å². The number of aryl methyl sites for hydroxylation is 2. The number of benzene rings is 2. The number of anilines is 2. The van der Waals surface area contributed by atoms with Crippen LogP contribution in [0.1, 0.15) is 23.0 Å². The summed E-state index contributed by atoms with van der Waals surface area (Å²) in [6.07, 6.45) is -0.262. The van der Waals surface area contributed by atoms with Crippen LogP contribution in [0.15, 0.2) is 48.5 Å². The van der Waals surface area contributed by atoms with E-state index in [9.17, 15) is 0 Å². The average Bonchev–Trinajstić information content (AvgIpc) is 2.72. The van der Waals surface area contributed by atoms with Crippen molar-refractivity contribution < 1.29 is 5.48 Å². The van der Waals surface area contributed by atoms with Gasteiger partial charge in [-0.15, -0.1) is 12.4 Å². The molecule has 1 heterocycles. The molecule has 3 heteroatoms. The summed E-state index contributed by atoms with van der Waals surface area (Å²) >= 11 is 0. The van der Waals surface area contributed by atoms with Gasteiger partial charge in [0.05, 0.1) is 0 Å². The summed E-state index contributed by atoms with van der Waals surface area (Å²) < 4.78 is 33.3. The third kappa shape index (κ3) is 3.63. The lowest BCUT2D eigenvalue weighted by molar-refractivity contribution is 0.402. The SMILES string of the molecule is Cl.[2H]C([2H])(CN1c2ccccc2CCc2ccccc21)C([2H])([2H])N(C)C.